The van der Waals surface area contributed by atoms with Gasteiger partial charge in [-0.25, -0.2) is 47.8 Å². The van der Waals surface area contributed by atoms with Gasteiger partial charge in [-0.1, -0.05) is 101 Å². The largest absolute Gasteiger partial charge is 0.396 e. The summed E-state index contributed by atoms with van der Waals surface area (Å²) in [5.74, 6) is 2.67. The monoisotopic (exact) mass is 1260 g/mol. The molecule has 8 heterocycles. The van der Waals surface area contributed by atoms with Gasteiger partial charge in [0, 0.05) is 77.7 Å². The van der Waals surface area contributed by atoms with Crippen LogP contribution in [0, 0.1) is 17.8 Å². The van der Waals surface area contributed by atoms with E-state index in [9.17, 15) is 33.7 Å². The summed E-state index contributed by atoms with van der Waals surface area (Å²) in [5, 5.41) is 9.04. The molecule has 1 unspecified atom stereocenters. The van der Waals surface area contributed by atoms with Crippen LogP contribution in [0.25, 0.3) is 0 Å². The molecular weight excluding hydrogens is 1190 g/mol. The van der Waals surface area contributed by atoms with Crippen molar-refractivity contribution in [2.24, 2.45) is 25.4 Å². The second-order valence-electron chi connectivity index (χ2n) is 22.8. The van der Waals surface area contributed by atoms with E-state index < -0.39 is 51.2 Å². The molecule has 6 aromatic rings. The minimum atomic E-state index is -3.75. The summed E-state index contributed by atoms with van der Waals surface area (Å²) in [4.78, 5) is 33.1. The predicted molar refractivity (Wildman–Crippen MR) is 342 cm³/mol. The van der Waals surface area contributed by atoms with Gasteiger partial charge < -0.3 is 5.11 Å². The number of sulfonamides is 4. The molecule has 87 heavy (non-hydrogen) atoms. The number of aromatic nitrogens is 4. The second-order valence-corrected chi connectivity index (χ2v) is 29.3. The number of hydrogen-bond acceptors (Lipinski definition) is 17. The molecule has 10 rings (SSSR count). The zero-order chi connectivity index (χ0) is 63.3. The molecule has 462 valence electrons. The van der Waals surface area contributed by atoms with Crippen LogP contribution >= 0.6 is 0 Å². The Bertz CT molecular complexity index is 3990. The van der Waals surface area contributed by atoms with Crippen LogP contribution in [0.4, 0.5) is 0 Å². The number of fused-ring (bicyclic) bond motifs is 4. The minimum Gasteiger partial charge on any atom is -0.396 e. The summed E-state index contributed by atoms with van der Waals surface area (Å²) < 4.78 is 111. The van der Waals surface area contributed by atoms with Crippen molar-refractivity contribution in [2.45, 2.75) is 137 Å². The average molecular weight is 1260 g/mol. The third-order valence-electron chi connectivity index (χ3n) is 14.2. The molecule has 0 bridgehead atoms. The second kappa shape index (κ2) is 28.8. The van der Waals surface area contributed by atoms with Gasteiger partial charge in [-0.3, -0.25) is 39.9 Å². The highest BCUT2D eigenvalue weighted by molar-refractivity contribution is 8.06. The highest BCUT2D eigenvalue weighted by atomic mass is 32.2. The minimum absolute atomic E-state index is 0.0297. The SMILES string of the molecule is C#CC(CC)(CC)NS(=O)(=O)C1=NCc2ncccc21.CC(C)(C)CC(C)(C)NS(=O)(=O)C1=NCc2ncccc21.CC(CCO)NS(=O)(=O)C1=NCc2ncccc21.O=S(=O)(NCCC(c1ccccc1)c1ccccc1)C1=NCc2ncccc21. The Kier molecular flexibility index (Phi) is 22.3. The third-order valence-corrected chi connectivity index (χ3v) is 20.4. The molecule has 2 aromatic carbocycles. The van der Waals surface area contributed by atoms with Crippen molar-refractivity contribution in [1.82, 2.24) is 38.8 Å². The summed E-state index contributed by atoms with van der Waals surface area (Å²) in [6, 6.07) is 33.7. The van der Waals surface area contributed by atoms with Crippen molar-refractivity contribution < 1.29 is 38.8 Å². The van der Waals surface area contributed by atoms with Gasteiger partial charge in [-0.2, -0.15) is 4.72 Å². The lowest BCUT2D eigenvalue weighted by atomic mass is 9.82. The lowest BCUT2D eigenvalue weighted by Crippen LogP contribution is -2.48. The highest BCUT2D eigenvalue weighted by Crippen LogP contribution is 2.31. The van der Waals surface area contributed by atoms with Crippen molar-refractivity contribution in [2.75, 3.05) is 13.2 Å². The molecular formula is C62H76N12O9S4. The first kappa shape index (κ1) is 67.4. The molecule has 0 fully saturated rings. The molecule has 0 radical (unpaired) electrons. The number of terminal acetylenes is 1. The Morgan fingerprint density at radius 1 is 0.517 bits per heavy atom. The molecule has 0 spiro atoms. The average Bonchev–Trinajstić information content (AvgIpc) is 2.15. The maximum atomic E-state index is 12.8. The van der Waals surface area contributed by atoms with Crippen molar-refractivity contribution in [3.05, 3.63) is 190 Å². The summed E-state index contributed by atoms with van der Waals surface area (Å²) in [7, 11) is -14.7. The summed E-state index contributed by atoms with van der Waals surface area (Å²) >= 11 is 0. The number of pyridine rings is 4. The lowest BCUT2D eigenvalue weighted by Gasteiger charge is -2.32. The van der Waals surface area contributed by atoms with E-state index in [2.05, 4.69) is 110 Å². The molecule has 0 saturated heterocycles. The number of aliphatic imine (C=N–C) groups is 4. The molecule has 25 heteroatoms. The molecule has 4 aromatic heterocycles. The van der Waals surface area contributed by atoms with Gasteiger partial charge in [-0.05, 0) is 118 Å². The van der Waals surface area contributed by atoms with Gasteiger partial charge in [0.05, 0.1) is 54.5 Å². The zero-order valence-electron chi connectivity index (χ0n) is 50.1. The highest BCUT2D eigenvalue weighted by Gasteiger charge is 2.37. The Labute approximate surface area is 512 Å². The number of nitrogens with one attached hydrogen (secondary N) is 4. The Balaban J connectivity index is 0.000000168. The van der Waals surface area contributed by atoms with Gasteiger partial charge in [0.2, 0.25) is 0 Å². The number of rotatable bonds is 17. The molecule has 4 aliphatic heterocycles. The quantitative estimate of drug-likeness (QED) is 0.0555. The van der Waals surface area contributed by atoms with Gasteiger partial charge in [0.25, 0.3) is 40.1 Å². The van der Waals surface area contributed by atoms with E-state index in [0.29, 0.717) is 96.9 Å². The van der Waals surface area contributed by atoms with Gasteiger partial charge in [0.15, 0.2) is 20.2 Å². The zero-order valence-corrected chi connectivity index (χ0v) is 53.4. The number of nitrogens with zero attached hydrogens (tertiary/aromatic N) is 8. The molecule has 21 nitrogen and oxygen atoms in total. The standard InChI is InChI=1S/C22H21N3O2S.C15H23N3O2S.C14H17N3O2S.C11H15N3O3S/c26-28(27,22-20-12-7-14-23-21(20)16-24-22)25-15-13-19(17-8-3-1-4-9-17)18-10-5-2-6-11-18;1-14(2,3)10-15(4,5)18-21(19,20)13-11-7-6-8-16-12(11)9-17-13;1-4-14(5-2,6-3)17-20(18,19)13-11-8-7-9-15-12(11)10-16-13;1-8(4-6-15)14-18(16,17)11-9-3-2-5-12-10(9)7-13-11/h1-12,14,19,25H,13,15-16H2;6-8,18H,9-10H2,1-5H3;1,7-9,17H,5-6,10H2,2-3H3;2-3,5,8,14-15H,4,6-7H2,1H3. The van der Waals surface area contributed by atoms with Gasteiger partial charge in [0.1, 0.15) is 0 Å². The molecule has 0 amide bonds. The fraction of sp³-hybridized carbons (Fsp3) is 0.387. The first-order valence-electron chi connectivity index (χ1n) is 28.4. The van der Waals surface area contributed by atoms with Crippen molar-refractivity contribution in [3.63, 3.8) is 0 Å². The lowest BCUT2D eigenvalue weighted by molar-refractivity contribution is 0.270. The molecule has 1 atom stereocenters. The van der Waals surface area contributed by atoms with E-state index in [-0.39, 0.29) is 50.7 Å². The Hall–Kier alpha value is -7.12. The van der Waals surface area contributed by atoms with Crippen molar-refractivity contribution >= 4 is 60.3 Å². The predicted octanol–water partition coefficient (Wildman–Crippen LogP) is 7.44. The van der Waals surface area contributed by atoms with Crippen LogP contribution in [0.3, 0.4) is 0 Å². The Morgan fingerprint density at radius 2 is 0.885 bits per heavy atom. The summed E-state index contributed by atoms with van der Waals surface area (Å²) in [6.07, 6.45) is 14.8. The fourth-order valence-corrected chi connectivity index (χ4v) is 16.4. The van der Waals surface area contributed by atoms with Crippen LogP contribution in [-0.2, 0) is 66.3 Å². The summed E-state index contributed by atoms with van der Waals surface area (Å²) in [5.41, 5.74) is 6.04. The Morgan fingerprint density at radius 3 is 1.24 bits per heavy atom. The fourth-order valence-electron chi connectivity index (χ4n) is 10.5. The van der Waals surface area contributed by atoms with E-state index in [4.69, 9.17) is 11.5 Å². The molecule has 4 aliphatic rings. The first-order valence-corrected chi connectivity index (χ1v) is 34.3. The van der Waals surface area contributed by atoms with E-state index in [1.807, 2.05) is 64.1 Å². The van der Waals surface area contributed by atoms with Crippen LogP contribution < -0.4 is 18.9 Å². The van der Waals surface area contributed by atoms with Gasteiger partial charge >= 0.3 is 0 Å². The number of benzene rings is 2. The van der Waals surface area contributed by atoms with Crippen molar-refractivity contribution in [1.29, 1.82) is 0 Å². The maximum absolute atomic E-state index is 12.8. The number of aliphatic hydroxyl groups excluding tert-OH is 1. The normalized spacial score (nSPS) is 14.8. The maximum Gasteiger partial charge on any atom is 0.259 e. The molecule has 0 saturated carbocycles. The molecule has 5 N–H and O–H groups in total. The molecule has 0 aliphatic carbocycles. The third kappa shape index (κ3) is 17.6. The smallest absolute Gasteiger partial charge is 0.259 e. The van der Waals surface area contributed by atoms with E-state index in [0.717, 1.165) is 6.42 Å². The van der Waals surface area contributed by atoms with Crippen LogP contribution in [0.1, 0.15) is 150 Å². The topological polar surface area (TPSA) is 306 Å². The van der Waals surface area contributed by atoms with E-state index >= 15 is 0 Å². The van der Waals surface area contributed by atoms with Gasteiger partial charge in [-0.15, -0.1) is 6.42 Å². The van der Waals surface area contributed by atoms with Crippen molar-refractivity contribution in [3.8, 4) is 12.3 Å². The van der Waals surface area contributed by atoms with E-state index in [1.165, 1.54) is 11.1 Å². The van der Waals surface area contributed by atoms with Crippen LogP contribution in [-0.4, -0.2) is 109 Å². The van der Waals surface area contributed by atoms with Crippen LogP contribution in [0.2, 0.25) is 0 Å². The summed E-state index contributed by atoms with van der Waals surface area (Å²) in [6.45, 7) is 17.0. The number of hydrogen-bond donors (Lipinski definition) is 5. The first-order chi connectivity index (χ1) is 41.2. The van der Waals surface area contributed by atoms with E-state index in [1.54, 1.807) is 80.2 Å². The number of aliphatic hydroxyl groups is 1. The van der Waals surface area contributed by atoms with Crippen LogP contribution in [0.15, 0.2) is 154 Å². The van der Waals surface area contributed by atoms with Crippen LogP contribution in [0.5, 0.6) is 0 Å².